The average Bonchev–Trinajstić information content (AvgIpc) is 2.47. The van der Waals surface area contributed by atoms with E-state index in [1.54, 1.807) is 19.2 Å². The number of nitrogens with zero attached hydrogens (tertiary/aromatic N) is 1. The fourth-order valence-corrected chi connectivity index (χ4v) is 2.88. The van der Waals surface area contributed by atoms with E-state index in [1.807, 2.05) is 4.90 Å². The number of hydrogen-bond donors (Lipinski definition) is 1. The monoisotopic (exact) mass is 302 g/mol. The fraction of sp³-hybridized carbons (Fsp3) is 0.600. The maximum atomic E-state index is 13.0. The molecule has 2 rings (SSSR count). The summed E-state index contributed by atoms with van der Waals surface area (Å²) in [6.07, 6.45) is -2.59. The van der Waals surface area contributed by atoms with Crippen molar-refractivity contribution in [1.29, 1.82) is 0 Å². The third-order valence-corrected chi connectivity index (χ3v) is 4.09. The molecular weight excluding hydrogens is 281 g/mol. The number of alkyl halides is 3. The van der Waals surface area contributed by atoms with Gasteiger partial charge in [0.2, 0.25) is 0 Å². The van der Waals surface area contributed by atoms with Gasteiger partial charge < -0.3 is 10.5 Å². The molecule has 1 fully saturated rings. The Balaban J connectivity index is 2.14. The van der Waals surface area contributed by atoms with Crippen LogP contribution in [-0.2, 0) is 17.5 Å². The molecule has 0 amide bonds. The van der Waals surface area contributed by atoms with E-state index in [1.165, 1.54) is 6.07 Å². The molecular formula is C15H21F3N2O. The number of benzene rings is 1. The molecule has 1 aromatic carbocycles. The standard InChI is InChI=1S/C15H21F3N2O/c1-21-13-6-7-20(12(8-13)9-19)10-11-4-2-3-5-14(11)15(16,17)18/h2-5,12-13H,6-10,19H2,1H3. The quantitative estimate of drug-likeness (QED) is 0.929. The largest absolute Gasteiger partial charge is 0.416 e. The molecule has 2 N–H and O–H groups in total. The van der Waals surface area contributed by atoms with Gasteiger partial charge in [0.15, 0.2) is 0 Å². The molecule has 0 aromatic heterocycles. The Labute approximate surface area is 122 Å². The fourth-order valence-electron chi connectivity index (χ4n) is 2.88. The molecule has 0 saturated carbocycles. The lowest BCUT2D eigenvalue weighted by Crippen LogP contribution is -2.48. The number of piperidine rings is 1. The predicted octanol–water partition coefficient (Wildman–Crippen LogP) is 2.64. The van der Waals surface area contributed by atoms with Gasteiger partial charge >= 0.3 is 6.18 Å². The molecule has 0 radical (unpaired) electrons. The van der Waals surface area contributed by atoms with Crippen molar-refractivity contribution in [2.45, 2.75) is 37.7 Å². The van der Waals surface area contributed by atoms with Gasteiger partial charge in [-0.05, 0) is 24.5 Å². The summed E-state index contributed by atoms with van der Waals surface area (Å²) < 4.78 is 44.4. The Morgan fingerprint density at radius 2 is 2.05 bits per heavy atom. The number of hydrogen-bond acceptors (Lipinski definition) is 3. The van der Waals surface area contributed by atoms with Crippen molar-refractivity contribution in [3.63, 3.8) is 0 Å². The molecule has 1 saturated heterocycles. The van der Waals surface area contributed by atoms with E-state index in [9.17, 15) is 13.2 Å². The highest BCUT2D eigenvalue weighted by atomic mass is 19.4. The smallest absolute Gasteiger partial charge is 0.381 e. The van der Waals surface area contributed by atoms with Crippen LogP contribution in [0.2, 0.25) is 0 Å². The summed E-state index contributed by atoms with van der Waals surface area (Å²) >= 11 is 0. The van der Waals surface area contributed by atoms with Crippen LogP contribution in [0.15, 0.2) is 24.3 Å². The van der Waals surface area contributed by atoms with Crippen LogP contribution in [-0.4, -0.2) is 37.2 Å². The second-order valence-corrected chi connectivity index (χ2v) is 5.40. The van der Waals surface area contributed by atoms with Crippen LogP contribution >= 0.6 is 0 Å². The summed E-state index contributed by atoms with van der Waals surface area (Å²) in [5, 5.41) is 0. The van der Waals surface area contributed by atoms with E-state index < -0.39 is 11.7 Å². The third-order valence-electron chi connectivity index (χ3n) is 4.09. The average molecular weight is 302 g/mol. The molecule has 1 aromatic rings. The number of methoxy groups -OCH3 is 1. The highest BCUT2D eigenvalue weighted by molar-refractivity contribution is 5.29. The lowest BCUT2D eigenvalue weighted by Gasteiger charge is -2.38. The minimum absolute atomic E-state index is 0.0602. The molecule has 2 unspecified atom stereocenters. The molecule has 118 valence electrons. The van der Waals surface area contributed by atoms with Crippen molar-refractivity contribution < 1.29 is 17.9 Å². The molecule has 1 aliphatic heterocycles. The van der Waals surface area contributed by atoms with Gasteiger partial charge in [-0.15, -0.1) is 0 Å². The van der Waals surface area contributed by atoms with E-state index >= 15 is 0 Å². The first-order valence-corrected chi connectivity index (χ1v) is 7.07. The van der Waals surface area contributed by atoms with Crippen molar-refractivity contribution in [2.24, 2.45) is 5.73 Å². The molecule has 21 heavy (non-hydrogen) atoms. The zero-order valence-corrected chi connectivity index (χ0v) is 12.1. The van der Waals surface area contributed by atoms with Crippen LogP contribution in [0.1, 0.15) is 24.0 Å². The molecule has 2 atom stereocenters. The summed E-state index contributed by atoms with van der Waals surface area (Å²) in [4.78, 5) is 2.03. The highest BCUT2D eigenvalue weighted by Crippen LogP contribution is 2.33. The normalized spacial score (nSPS) is 24.2. The number of likely N-dealkylation sites (tertiary alicyclic amines) is 1. The summed E-state index contributed by atoms with van der Waals surface area (Å²) in [6, 6.07) is 5.80. The number of halogens is 3. The minimum Gasteiger partial charge on any atom is -0.381 e. The second-order valence-electron chi connectivity index (χ2n) is 5.40. The Hall–Kier alpha value is -1.11. The van der Waals surface area contributed by atoms with Gasteiger partial charge in [0.25, 0.3) is 0 Å². The molecule has 0 aliphatic carbocycles. The van der Waals surface area contributed by atoms with Gasteiger partial charge in [0.1, 0.15) is 0 Å². The van der Waals surface area contributed by atoms with E-state index in [4.69, 9.17) is 10.5 Å². The molecule has 3 nitrogen and oxygen atoms in total. The molecule has 0 bridgehead atoms. The Kier molecular flexibility index (Phi) is 5.24. The zero-order chi connectivity index (χ0) is 15.5. The molecule has 1 heterocycles. The summed E-state index contributed by atoms with van der Waals surface area (Å²) in [5.41, 5.74) is 5.51. The lowest BCUT2D eigenvalue weighted by molar-refractivity contribution is -0.138. The Morgan fingerprint density at radius 1 is 1.33 bits per heavy atom. The first-order valence-electron chi connectivity index (χ1n) is 7.07. The van der Waals surface area contributed by atoms with E-state index in [0.29, 0.717) is 18.7 Å². The molecule has 0 spiro atoms. The zero-order valence-electron chi connectivity index (χ0n) is 12.1. The van der Waals surface area contributed by atoms with Gasteiger partial charge in [-0.3, -0.25) is 4.90 Å². The SMILES string of the molecule is COC1CCN(Cc2ccccc2C(F)(F)F)C(CN)C1. The number of nitrogens with two attached hydrogens (primary N) is 1. The van der Waals surface area contributed by atoms with Gasteiger partial charge in [0, 0.05) is 32.8 Å². The molecule has 6 heteroatoms. The first kappa shape index (κ1) is 16.3. The predicted molar refractivity (Wildman–Crippen MR) is 74.7 cm³/mol. The van der Waals surface area contributed by atoms with Crippen molar-refractivity contribution in [3.05, 3.63) is 35.4 Å². The molecule has 1 aliphatic rings. The number of rotatable bonds is 4. The summed E-state index contributed by atoms with van der Waals surface area (Å²) in [6.45, 7) is 1.40. The second kappa shape index (κ2) is 6.77. The van der Waals surface area contributed by atoms with E-state index in [2.05, 4.69) is 0 Å². The topological polar surface area (TPSA) is 38.5 Å². The van der Waals surface area contributed by atoms with Crippen LogP contribution in [0.5, 0.6) is 0 Å². The van der Waals surface area contributed by atoms with Crippen molar-refractivity contribution in [2.75, 3.05) is 20.2 Å². The summed E-state index contributed by atoms with van der Waals surface area (Å²) in [7, 11) is 1.66. The van der Waals surface area contributed by atoms with Crippen LogP contribution in [0.4, 0.5) is 13.2 Å². The maximum Gasteiger partial charge on any atom is 0.416 e. The minimum atomic E-state index is -4.32. The van der Waals surface area contributed by atoms with Crippen LogP contribution < -0.4 is 5.73 Å². The van der Waals surface area contributed by atoms with Crippen LogP contribution in [0, 0.1) is 0 Å². The van der Waals surface area contributed by atoms with Crippen LogP contribution in [0.25, 0.3) is 0 Å². The highest BCUT2D eigenvalue weighted by Gasteiger charge is 2.34. The van der Waals surface area contributed by atoms with Gasteiger partial charge in [-0.1, -0.05) is 18.2 Å². The Morgan fingerprint density at radius 3 is 2.67 bits per heavy atom. The van der Waals surface area contributed by atoms with E-state index in [-0.39, 0.29) is 18.7 Å². The van der Waals surface area contributed by atoms with Gasteiger partial charge in [-0.2, -0.15) is 13.2 Å². The first-order chi connectivity index (χ1) is 9.95. The van der Waals surface area contributed by atoms with Gasteiger partial charge in [-0.25, -0.2) is 0 Å². The Bertz CT molecular complexity index is 464. The van der Waals surface area contributed by atoms with Crippen LogP contribution in [0.3, 0.4) is 0 Å². The lowest BCUT2D eigenvalue weighted by atomic mass is 9.97. The summed E-state index contributed by atoms with van der Waals surface area (Å²) in [5.74, 6) is 0. The van der Waals surface area contributed by atoms with E-state index in [0.717, 1.165) is 18.9 Å². The number of ether oxygens (including phenoxy) is 1. The van der Waals surface area contributed by atoms with Crippen molar-refractivity contribution in [3.8, 4) is 0 Å². The third kappa shape index (κ3) is 3.96. The van der Waals surface area contributed by atoms with Crippen molar-refractivity contribution in [1.82, 2.24) is 4.90 Å². The van der Waals surface area contributed by atoms with Crippen molar-refractivity contribution >= 4 is 0 Å². The van der Waals surface area contributed by atoms with Gasteiger partial charge in [0.05, 0.1) is 11.7 Å². The maximum absolute atomic E-state index is 13.0.